The van der Waals surface area contributed by atoms with Gasteiger partial charge in [0.15, 0.2) is 0 Å². The second-order valence-corrected chi connectivity index (χ2v) is 4.39. The van der Waals surface area contributed by atoms with Gasteiger partial charge in [-0.25, -0.2) is 0 Å². The van der Waals surface area contributed by atoms with Crippen molar-refractivity contribution >= 4 is 5.97 Å². The molecule has 0 saturated carbocycles. The maximum Gasteiger partial charge on any atom is 0.303 e. The van der Waals surface area contributed by atoms with E-state index < -0.39 is 5.97 Å². The third-order valence-corrected chi connectivity index (χ3v) is 2.46. The zero-order chi connectivity index (χ0) is 13.5. The van der Waals surface area contributed by atoms with Crippen LogP contribution in [-0.4, -0.2) is 24.3 Å². The van der Waals surface area contributed by atoms with Gasteiger partial charge in [-0.1, -0.05) is 0 Å². The van der Waals surface area contributed by atoms with E-state index in [1.54, 1.807) is 7.11 Å². The van der Waals surface area contributed by atoms with Gasteiger partial charge in [0, 0.05) is 6.42 Å². The average molecular weight is 252 g/mol. The number of benzene rings is 1. The van der Waals surface area contributed by atoms with Crippen LogP contribution in [0.5, 0.6) is 11.5 Å². The zero-order valence-electron chi connectivity index (χ0n) is 11.1. The molecule has 1 aromatic carbocycles. The lowest BCUT2D eigenvalue weighted by molar-refractivity contribution is -0.137. The van der Waals surface area contributed by atoms with E-state index in [0.717, 1.165) is 17.1 Å². The van der Waals surface area contributed by atoms with Gasteiger partial charge in [-0.2, -0.15) is 0 Å². The van der Waals surface area contributed by atoms with E-state index in [1.807, 2.05) is 32.0 Å². The number of aliphatic carboxylic acids is 1. The van der Waals surface area contributed by atoms with E-state index in [4.69, 9.17) is 14.6 Å². The molecule has 0 bridgehead atoms. The fourth-order valence-corrected chi connectivity index (χ4v) is 1.73. The molecule has 1 N–H and O–H groups in total. The van der Waals surface area contributed by atoms with Gasteiger partial charge in [-0.3, -0.25) is 4.79 Å². The van der Waals surface area contributed by atoms with Crippen molar-refractivity contribution in [3.63, 3.8) is 0 Å². The van der Waals surface area contributed by atoms with Crippen LogP contribution >= 0.6 is 0 Å². The average Bonchev–Trinajstić information content (AvgIpc) is 2.28. The molecule has 100 valence electrons. The van der Waals surface area contributed by atoms with Gasteiger partial charge < -0.3 is 14.6 Å². The molecule has 4 heteroatoms. The number of carbonyl (C=O) groups is 1. The second kappa shape index (κ2) is 6.89. The van der Waals surface area contributed by atoms with Gasteiger partial charge >= 0.3 is 5.97 Å². The topological polar surface area (TPSA) is 55.8 Å². The van der Waals surface area contributed by atoms with Crippen LogP contribution in [0.25, 0.3) is 0 Å². The number of carboxylic acid groups (broad SMARTS) is 1. The van der Waals surface area contributed by atoms with Gasteiger partial charge in [-0.05, 0) is 50.5 Å². The Labute approximate surface area is 108 Å². The molecule has 18 heavy (non-hydrogen) atoms. The molecule has 0 aromatic heterocycles. The Morgan fingerprint density at radius 3 is 2.67 bits per heavy atom. The fourth-order valence-electron chi connectivity index (χ4n) is 1.73. The Morgan fingerprint density at radius 2 is 2.11 bits per heavy atom. The monoisotopic (exact) mass is 252 g/mol. The van der Waals surface area contributed by atoms with Crippen LogP contribution in [0.3, 0.4) is 0 Å². The summed E-state index contributed by atoms with van der Waals surface area (Å²) < 4.78 is 10.9. The molecule has 0 heterocycles. The Morgan fingerprint density at radius 1 is 1.39 bits per heavy atom. The lowest BCUT2D eigenvalue weighted by Crippen LogP contribution is -2.06. The maximum absolute atomic E-state index is 10.5. The van der Waals surface area contributed by atoms with Crippen LogP contribution in [0, 0.1) is 0 Å². The third kappa shape index (κ3) is 4.65. The van der Waals surface area contributed by atoms with Gasteiger partial charge in [0.1, 0.15) is 11.5 Å². The van der Waals surface area contributed by atoms with E-state index in [-0.39, 0.29) is 12.5 Å². The first-order valence-electron chi connectivity index (χ1n) is 6.08. The highest BCUT2D eigenvalue weighted by Gasteiger charge is 2.07. The van der Waals surface area contributed by atoms with Crippen molar-refractivity contribution in [1.29, 1.82) is 0 Å². The molecule has 0 aliphatic heterocycles. The first kappa shape index (κ1) is 14.4. The molecule has 0 fully saturated rings. The number of hydrogen-bond acceptors (Lipinski definition) is 3. The first-order valence-corrected chi connectivity index (χ1v) is 6.08. The standard InChI is InChI=1S/C14H20O4/c1-10(2)18-12-7-8-13(17-3)11(9-12)5-4-6-14(15)16/h7-10H,4-6H2,1-3H3,(H,15,16). The van der Waals surface area contributed by atoms with Crippen molar-refractivity contribution in [2.45, 2.75) is 39.2 Å². The highest BCUT2D eigenvalue weighted by Crippen LogP contribution is 2.26. The molecule has 0 unspecified atom stereocenters. The van der Waals surface area contributed by atoms with E-state index in [1.165, 1.54) is 0 Å². The van der Waals surface area contributed by atoms with Crippen LogP contribution in [0.15, 0.2) is 18.2 Å². The minimum Gasteiger partial charge on any atom is -0.496 e. The van der Waals surface area contributed by atoms with Gasteiger partial charge in [0.05, 0.1) is 13.2 Å². The molecule has 1 aromatic rings. The van der Waals surface area contributed by atoms with Crippen molar-refractivity contribution in [1.82, 2.24) is 0 Å². The van der Waals surface area contributed by atoms with Crippen LogP contribution in [-0.2, 0) is 11.2 Å². The minimum atomic E-state index is -0.774. The molecule has 0 saturated heterocycles. The summed E-state index contributed by atoms with van der Waals surface area (Å²) in [5.74, 6) is 0.788. The summed E-state index contributed by atoms with van der Waals surface area (Å²) in [5.41, 5.74) is 0.983. The summed E-state index contributed by atoms with van der Waals surface area (Å²) in [6.07, 6.45) is 1.55. The maximum atomic E-state index is 10.5. The Balaban J connectivity index is 2.75. The molecule has 4 nitrogen and oxygen atoms in total. The molecule has 1 rings (SSSR count). The predicted molar refractivity (Wildman–Crippen MR) is 69.3 cm³/mol. The largest absolute Gasteiger partial charge is 0.496 e. The Kier molecular flexibility index (Phi) is 5.49. The van der Waals surface area contributed by atoms with Gasteiger partial charge in [0.2, 0.25) is 0 Å². The van der Waals surface area contributed by atoms with Gasteiger partial charge in [0.25, 0.3) is 0 Å². The Bertz CT molecular complexity index is 399. The molecular formula is C14H20O4. The predicted octanol–water partition coefficient (Wildman–Crippen LogP) is 2.89. The van der Waals surface area contributed by atoms with Crippen molar-refractivity contribution < 1.29 is 19.4 Å². The molecule has 0 atom stereocenters. The van der Waals surface area contributed by atoms with E-state index >= 15 is 0 Å². The molecule has 0 aliphatic rings. The van der Waals surface area contributed by atoms with Crippen molar-refractivity contribution in [3.8, 4) is 11.5 Å². The van der Waals surface area contributed by atoms with E-state index in [0.29, 0.717) is 12.8 Å². The highest BCUT2D eigenvalue weighted by atomic mass is 16.5. The number of rotatable bonds is 7. The molecule has 0 spiro atoms. The number of ether oxygens (including phenoxy) is 2. The van der Waals surface area contributed by atoms with E-state index in [9.17, 15) is 4.79 Å². The first-order chi connectivity index (χ1) is 8.52. The third-order valence-electron chi connectivity index (χ3n) is 2.46. The molecule has 0 radical (unpaired) electrons. The molecular weight excluding hydrogens is 232 g/mol. The lowest BCUT2D eigenvalue weighted by Gasteiger charge is -2.13. The smallest absolute Gasteiger partial charge is 0.303 e. The summed E-state index contributed by atoms with van der Waals surface area (Å²) in [7, 11) is 1.61. The summed E-state index contributed by atoms with van der Waals surface area (Å²) in [6, 6.07) is 5.63. The number of carboxylic acids is 1. The zero-order valence-corrected chi connectivity index (χ0v) is 11.1. The second-order valence-electron chi connectivity index (χ2n) is 4.39. The van der Waals surface area contributed by atoms with Crippen LogP contribution < -0.4 is 9.47 Å². The summed E-state index contributed by atoms with van der Waals surface area (Å²) >= 11 is 0. The fraction of sp³-hybridized carbons (Fsp3) is 0.500. The number of hydrogen-bond donors (Lipinski definition) is 1. The van der Waals surface area contributed by atoms with E-state index in [2.05, 4.69) is 0 Å². The molecule has 0 amide bonds. The van der Waals surface area contributed by atoms with Gasteiger partial charge in [-0.15, -0.1) is 0 Å². The van der Waals surface area contributed by atoms with Crippen molar-refractivity contribution in [3.05, 3.63) is 23.8 Å². The number of methoxy groups -OCH3 is 1. The van der Waals surface area contributed by atoms with Crippen LogP contribution in [0.1, 0.15) is 32.3 Å². The summed E-state index contributed by atoms with van der Waals surface area (Å²) in [5, 5.41) is 8.64. The molecule has 0 aliphatic carbocycles. The number of aryl methyl sites for hydroxylation is 1. The van der Waals surface area contributed by atoms with Crippen LogP contribution in [0.2, 0.25) is 0 Å². The highest BCUT2D eigenvalue weighted by molar-refractivity contribution is 5.66. The quantitative estimate of drug-likeness (QED) is 0.810. The summed E-state index contributed by atoms with van der Waals surface area (Å²) in [6.45, 7) is 3.93. The van der Waals surface area contributed by atoms with Crippen molar-refractivity contribution in [2.75, 3.05) is 7.11 Å². The van der Waals surface area contributed by atoms with Crippen LogP contribution in [0.4, 0.5) is 0 Å². The Hall–Kier alpha value is -1.71. The normalized spacial score (nSPS) is 10.4. The minimum absolute atomic E-state index is 0.116. The summed E-state index contributed by atoms with van der Waals surface area (Å²) in [4.78, 5) is 10.5. The lowest BCUT2D eigenvalue weighted by atomic mass is 10.1. The SMILES string of the molecule is COc1ccc(OC(C)C)cc1CCCC(=O)O. The van der Waals surface area contributed by atoms with Crippen molar-refractivity contribution in [2.24, 2.45) is 0 Å².